The summed E-state index contributed by atoms with van der Waals surface area (Å²) in [6.45, 7) is 6.18. The Morgan fingerprint density at radius 1 is 1.42 bits per heavy atom. The molecule has 0 aromatic carbocycles. The zero-order valence-electron chi connectivity index (χ0n) is 11.6. The number of fused-ring (bicyclic) bond motifs is 1. The van der Waals surface area contributed by atoms with E-state index in [9.17, 15) is 0 Å². The van der Waals surface area contributed by atoms with Crippen LogP contribution in [0.1, 0.15) is 25.3 Å². The Hall–Kier alpha value is -1.62. The molecule has 0 aliphatic carbocycles. The fraction of sp³-hybridized carbons (Fsp3) is 0.571. The zero-order chi connectivity index (χ0) is 13.4. The average molecular weight is 259 g/mol. The van der Waals surface area contributed by atoms with Crippen LogP contribution in [0.25, 0.3) is 5.65 Å². The number of anilines is 1. The summed E-state index contributed by atoms with van der Waals surface area (Å²) in [5.74, 6) is 1.37. The minimum Gasteiger partial charge on any atom is -0.339 e. The molecule has 0 radical (unpaired) electrons. The van der Waals surface area contributed by atoms with E-state index < -0.39 is 0 Å². The summed E-state index contributed by atoms with van der Waals surface area (Å²) >= 11 is 0. The molecule has 3 rings (SSSR count). The van der Waals surface area contributed by atoms with Gasteiger partial charge in [-0.2, -0.15) is 4.98 Å². The van der Waals surface area contributed by atoms with Crippen molar-refractivity contribution in [2.45, 2.75) is 32.7 Å². The maximum atomic E-state index is 6.15. The van der Waals surface area contributed by atoms with Gasteiger partial charge in [-0.15, -0.1) is 5.10 Å². The van der Waals surface area contributed by atoms with Crippen molar-refractivity contribution in [1.82, 2.24) is 14.6 Å². The van der Waals surface area contributed by atoms with Crippen molar-refractivity contribution >= 4 is 11.6 Å². The molecule has 0 spiro atoms. The lowest BCUT2D eigenvalue weighted by Crippen LogP contribution is -2.47. The monoisotopic (exact) mass is 259 g/mol. The SMILES string of the molecule is CCC1CN(c2nc3ccc(C)cn3n2)CCC1N. The van der Waals surface area contributed by atoms with Gasteiger partial charge in [-0.1, -0.05) is 19.4 Å². The molecule has 102 valence electrons. The highest BCUT2D eigenvalue weighted by Gasteiger charge is 2.27. The van der Waals surface area contributed by atoms with Gasteiger partial charge in [-0.25, -0.2) is 4.52 Å². The van der Waals surface area contributed by atoms with Gasteiger partial charge in [0.25, 0.3) is 0 Å². The normalized spacial score (nSPS) is 24.1. The third-order valence-corrected chi connectivity index (χ3v) is 4.07. The molecule has 19 heavy (non-hydrogen) atoms. The van der Waals surface area contributed by atoms with Crippen molar-refractivity contribution in [3.8, 4) is 0 Å². The van der Waals surface area contributed by atoms with Gasteiger partial charge in [0.2, 0.25) is 5.95 Å². The lowest BCUT2D eigenvalue weighted by molar-refractivity contribution is 0.345. The number of nitrogens with two attached hydrogens (primary N) is 1. The molecule has 0 bridgehead atoms. The van der Waals surface area contributed by atoms with Gasteiger partial charge in [0.05, 0.1) is 0 Å². The van der Waals surface area contributed by atoms with Crippen LogP contribution in [0.15, 0.2) is 18.3 Å². The molecule has 2 aromatic rings. The van der Waals surface area contributed by atoms with Crippen molar-refractivity contribution in [2.24, 2.45) is 11.7 Å². The molecular formula is C14H21N5. The van der Waals surface area contributed by atoms with E-state index in [1.807, 2.05) is 16.8 Å². The topological polar surface area (TPSA) is 59.5 Å². The van der Waals surface area contributed by atoms with Gasteiger partial charge in [0, 0.05) is 25.3 Å². The first kappa shape index (κ1) is 12.4. The molecule has 1 aliphatic heterocycles. The molecule has 0 saturated carbocycles. The van der Waals surface area contributed by atoms with Crippen LogP contribution in [-0.4, -0.2) is 33.7 Å². The highest BCUT2D eigenvalue weighted by Crippen LogP contribution is 2.22. The number of hydrogen-bond donors (Lipinski definition) is 1. The zero-order valence-corrected chi connectivity index (χ0v) is 11.6. The second kappa shape index (κ2) is 4.81. The quantitative estimate of drug-likeness (QED) is 0.890. The smallest absolute Gasteiger partial charge is 0.245 e. The lowest BCUT2D eigenvalue weighted by atomic mass is 9.91. The Balaban J connectivity index is 1.87. The van der Waals surface area contributed by atoms with Gasteiger partial charge in [-0.05, 0) is 30.9 Å². The van der Waals surface area contributed by atoms with Crippen molar-refractivity contribution < 1.29 is 0 Å². The van der Waals surface area contributed by atoms with E-state index in [1.165, 1.54) is 5.56 Å². The lowest BCUT2D eigenvalue weighted by Gasteiger charge is -2.35. The van der Waals surface area contributed by atoms with Gasteiger partial charge < -0.3 is 10.6 Å². The summed E-state index contributed by atoms with van der Waals surface area (Å²) in [6.07, 6.45) is 4.15. The summed E-state index contributed by atoms with van der Waals surface area (Å²) < 4.78 is 1.86. The van der Waals surface area contributed by atoms with Gasteiger partial charge in [0.1, 0.15) is 0 Å². The summed E-state index contributed by atoms with van der Waals surface area (Å²) in [5, 5.41) is 4.58. The molecule has 0 amide bonds. The van der Waals surface area contributed by atoms with Crippen LogP contribution in [0, 0.1) is 12.8 Å². The van der Waals surface area contributed by atoms with Crippen LogP contribution in [0.4, 0.5) is 5.95 Å². The molecule has 2 aromatic heterocycles. The fourth-order valence-electron chi connectivity index (χ4n) is 2.77. The van der Waals surface area contributed by atoms with Crippen LogP contribution in [0.2, 0.25) is 0 Å². The van der Waals surface area contributed by atoms with Crippen molar-refractivity contribution in [1.29, 1.82) is 0 Å². The number of pyridine rings is 1. The van der Waals surface area contributed by atoms with E-state index in [0.717, 1.165) is 37.5 Å². The molecule has 2 unspecified atom stereocenters. The Morgan fingerprint density at radius 3 is 3.05 bits per heavy atom. The molecule has 2 atom stereocenters. The molecule has 2 N–H and O–H groups in total. The van der Waals surface area contributed by atoms with Crippen LogP contribution in [-0.2, 0) is 0 Å². The predicted octanol–water partition coefficient (Wildman–Crippen LogP) is 1.60. The number of aromatic nitrogens is 3. The maximum absolute atomic E-state index is 6.15. The maximum Gasteiger partial charge on any atom is 0.245 e. The van der Waals surface area contributed by atoms with Crippen molar-refractivity contribution in [2.75, 3.05) is 18.0 Å². The average Bonchev–Trinajstić information content (AvgIpc) is 2.82. The first-order chi connectivity index (χ1) is 9.17. The number of rotatable bonds is 2. The van der Waals surface area contributed by atoms with Crippen molar-refractivity contribution in [3.05, 3.63) is 23.9 Å². The van der Waals surface area contributed by atoms with Crippen molar-refractivity contribution in [3.63, 3.8) is 0 Å². The summed E-state index contributed by atoms with van der Waals surface area (Å²) in [4.78, 5) is 6.87. The largest absolute Gasteiger partial charge is 0.339 e. The molecule has 5 nitrogen and oxygen atoms in total. The van der Waals surface area contributed by atoms with Crippen LogP contribution >= 0.6 is 0 Å². The second-order valence-electron chi connectivity index (χ2n) is 5.49. The first-order valence-corrected chi connectivity index (χ1v) is 7.01. The molecule has 5 heteroatoms. The standard InChI is InChI=1S/C14H21N5/c1-3-11-9-18(7-6-12(11)15)14-16-13-5-4-10(2)8-19(13)17-14/h4-5,8,11-12H,3,6-7,9,15H2,1-2H3. The van der Waals surface area contributed by atoms with Gasteiger partial charge >= 0.3 is 0 Å². The van der Waals surface area contributed by atoms with Gasteiger partial charge in [0.15, 0.2) is 5.65 Å². The fourth-order valence-corrected chi connectivity index (χ4v) is 2.77. The van der Waals surface area contributed by atoms with Crippen LogP contribution < -0.4 is 10.6 Å². The van der Waals surface area contributed by atoms with Crippen LogP contribution in [0.5, 0.6) is 0 Å². The number of hydrogen-bond acceptors (Lipinski definition) is 4. The molecule has 1 fully saturated rings. The van der Waals surface area contributed by atoms with E-state index in [1.54, 1.807) is 0 Å². The number of piperidine rings is 1. The molecule has 1 saturated heterocycles. The summed E-state index contributed by atoms with van der Waals surface area (Å²) in [7, 11) is 0. The second-order valence-corrected chi connectivity index (χ2v) is 5.49. The third-order valence-electron chi connectivity index (χ3n) is 4.07. The molecular weight excluding hydrogens is 238 g/mol. The molecule has 1 aliphatic rings. The minimum absolute atomic E-state index is 0.320. The van der Waals surface area contributed by atoms with E-state index >= 15 is 0 Å². The van der Waals surface area contributed by atoms with E-state index in [-0.39, 0.29) is 0 Å². The summed E-state index contributed by atoms with van der Waals surface area (Å²) in [5.41, 5.74) is 8.25. The Kier molecular flexibility index (Phi) is 3.14. The summed E-state index contributed by atoms with van der Waals surface area (Å²) in [6, 6.07) is 4.40. The number of nitrogens with zero attached hydrogens (tertiary/aromatic N) is 4. The first-order valence-electron chi connectivity index (χ1n) is 7.01. The highest BCUT2D eigenvalue weighted by atomic mass is 15.4. The predicted molar refractivity (Wildman–Crippen MR) is 76.3 cm³/mol. The Morgan fingerprint density at radius 2 is 2.26 bits per heavy atom. The van der Waals surface area contributed by atoms with E-state index in [0.29, 0.717) is 12.0 Å². The Labute approximate surface area is 113 Å². The van der Waals surface area contributed by atoms with E-state index in [2.05, 4.69) is 34.9 Å². The Bertz CT molecular complexity index is 576. The number of aryl methyl sites for hydroxylation is 1. The van der Waals surface area contributed by atoms with Gasteiger partial charge in [-0.3, -0.25) is 0 Å². The van der Waals surface area contributed by atoms with E-state index in [4.69, 9.17) is 5.73 Å². The van der Waals surface area contributed by atoms with Crippen LogP contribution in [0.3, 0.4) is 0 Å². The minimum atomic E-state index is 0.320. The third kappa shape index (κ3) is 2.30. The highest BCUT2D eigenvalue weighted by molar-refractivity contribution is 5.45. The molecule has 3 heterocycles.